The van der Waals surface area contributed by atoms with E-state index in [9.17, 15) is 4.79 Å². The van der Waals surface area contributed by atoms with Crippen LogP contribution in [0, 0.1) is 0 Å². The fourth-order valence-electron chi connectivity index (χ4n) is 2.22. The molecule has 110 valence electrons. The quantitative estimate of drug-likeness (QED) is 0.848. The maximum absolute atomic E-state index is 12.1. The van der Waals surface area contributed by atoms with Crippen molar-refractivity contribution in [1.82, 2.24) is 10.2 Å². The van der Waals surface area contributed by atoms with Crippen LogP contribution in [-0.4, -0.2) is 67.5 Å². The summed E-state index contributed by atoms with van der Waals surface area (Å²) in [4.78, 5) is 14.0. The van der Waals surface area contributed by atoms with Gasteiger partial charge in [-0.05, 0) is 25.5 Å². The summed E-state index contributed by atoms with van der Waals surface area (Å²) in [6.45, 7) is 5.73. The Kier molecular flexibility index (Phi) is 6.26. The lowest BCUT2D eigenvalue weighted by molar-refractivity contribution is 0.0331. The standard InChI is InChI=1S/C13H24N2O3S/c1-11(9-18-12-3-6-17-10-12)14-13(16)15-4-2-7-19-8-5-15/h11-12H,2-10H2,1H3,(H,14,16)/t11-,12-/m0/s1. The molecule has 6 heteroatoms. The summed E-state index contributed by atoms with van der Waals surface area (Å²) < 4.78 is 11.0. The van der Waals surface area contributed by atoms with Crippen molar-refractivity contribution in [3.05, 3.63) is 0 Å². The first-order valence-corrected chi connectivity index (χ1v) is 8.23. The SMILES string of the molecule is C[C@@H](CO[C@H]1CCOC1)NC(=O)N1CCCSCC1. The molecular weight excluding hydrogens is 264 g/mol. The number of nitrogens with zero attached hydrogens (tertiary/aromatic N) is 1. The molecule has 0 aliphatic carbocycles. The number of hydrogen-bond donors (Lipinski definition) is 1. The molecule has 2 amide bonds. The highest BCUT2D eigenvalue weighted by Crippen LogP contribution is 2.11. The van der Waals surface area contributed by atoms with Gasteiger partial charge in [0.15, 0.2) is 0 Å². The average molecular weight is 288 g/mol. The van der Waals surface area contributed by atoms with Crippen LogP contribution in [0.3, 0.4) is 0 Å². The van der Waals surface area contributed by atoms with Crippen LogP contribution < -0.4 is 5.32 Å². The van der Waals surface area contributed by atoms with E-state index in [-0.39, 0.29) is 18.2 Å². The maximum atomic E-state index is 12.1. The zero-order valence-electron chi connectivity index (χ0n) is 11.6. The Balaban J connectivity index is 1.65. The van der Waals surface area contributed by atoms with Crippen molar-refractivity contribution in [2.75, 3.05) is 44.4 Å². The highest BCUT2D eigenvalue weighted by atomic mass is 32.2. The van der Waals surface area contributed by atoms with Gasteiger partial charge in [0.05, 0.1) is 25.4 Å². The van der Waals surface area contributed by atoms with E-state index in [4.69, 9.17) is 9.47 Å². The zero-order valence-corrected chi connectivity index (χ0v) is 12.4. The molecule has 2 heterocycles. The monoisotopic (exact) mass is 288 g/mol. The number of amides is 2. The van der Waals surface area contributed by atoms with Crippen molar-refractivity contribution in [2.45, 2.75) is 31.9 Å². The van der Waals surface area contributed by atoms with Crippen molar-refractivity contribution in [1.29, 1.82) is 0 Å². The molecule has 0 radical (unpaired) electrons. The van der Waals surface area contributed by atoms with Crippen LogP contribution in [0.5, 0.6) is 0 Å². The Hall–Kier alpha value is -0.460. The lowest BCUT2D eigenvalue weighted by Crippen LogP contribution is -2.46. The van der Waals surface area contributed by atoms with Crippen LogP contribution in [0.25, 0.3) is 0 Å². The minimum absolute atomic E-state index is 0.0428. The van der Waals surface area contributed by atoms with Gasteiger partial charge in [0.2, 0.25) is 0 Å². The summed E-state index contributed by atoms with van der Waals surface area (Å²) in [5.41, 5.74) is 0. The molecule has 0 aromatic carbocycles. The van der Waals surface area contributed by atoms with Crippen LogP contribution in [-0.2, 0) is 9.47 Å². The molecule has 2 saturated heterocycles. The number of urea groups is 1. The van der Waals surface area contributed by atoms with E-state index in [1.54, 1.807) is 0 Å². The molecule has 2 aliphatic rings. The fourth-order valence-corrected chi connectivity index (χ4v) is 3.10. The molecule has 2 rings (SSSR count). The smallest absolute Gasteiger partial charge is 0.317 e. The lowest BCUT2D eigenvalue weighted by atomic mass is 10.3. The van der Waals surface area contributed by atoms with Crippen LogP contribution >= 0.6 is 11.8 Å². The van der Waals surface area contributed by atoms with Crippen molar-refractivity contribution in [3.63, 3.8) is 0 Å². The van der Waals surface area contributed by atoms with Crippen molar-refractivity contribution in [3.8, 4) is 0 Å². The summed E-state index contributed by atoms with van der Waals surface area (Å²) in [6.07, 6.45) is 2.25. The molecule has 2 aliphatic heterocycles. The number of hydrogen-bond acceptors (Lipinski definition) is 4. The highest BCUT2D eigenvalue weighted by molar-refractivity contribution is 7.99. The van der Waals surface area contributed by atoms with Gasteiger partial charge in [0, 0.05) is 25.4 Å². The third-order valence-corrected chi connectivity index (χ3v) is 4.40. The van der Waals surface area contributed by atoms with E-state index >= 15 is 0 Å². The Morgan fingerprint density at radius 2 is 2.42 bits per heavy atom. The molecule has 1 N–H and O–H groups in total. The third kappa shape index (κ3) is 5.20. The molecule has 0 spiro atoms. The van der Waals surface area contributed by atoms with Crippen LogP contribution in [0.2, 0.25) is 0 Å². The predicted molar refractivity (Wildman–Crippen MR) is 76.7 cm³/mol. The summed E-state index contributed by atoms with van der Waals surface area (Å²) in [5, 5.41) is 3.01. The van der Waals surface area contributed by atoms with Crippen LogP contribution in [0.1, 0.15) is 19.8 Å². The average Bonchev–Trinajstić information content (AvgIpc) is 2.76. The highest BCUT2D eigenvalue weighted by Gasteiger charge is 2.20. The van der Waals surface area contributed by atoms with Gasteiger partial charge < -0.3 is 19.7 Å². The molecule has 19 heavy (non-hydrogen) atoms. The van der Waals surface area contributed by atoms with Crippen LogP contribution in [0.15, 0.2) is 0 Å². The van der Waals surface area contributed by atoms with Gasteiger partial charge in [0.1, 0.15) is 0 Å². The summed E-state index contributed by atoms with van der Waals surface area (Å²) in [5.74, 6) is 2.20. The largest absolute Gasteiger partial charge is 0.379 e. The Bertz CT molecular complexity index is 277. The topological polar surface area (TPSA) is 50.8 Å². The van der Waals surface area contributed by atoms with E-state index < -0.39 is 0 Å². The Morgan fingerprint density at radius 3 is 3.21 bits per heavy atom. The third-order valence-electron chi connectivity index (χ3n) is 3.35. The number of rotatable bonds is 4. The first-order valence-electron chi connectivity index (χ1n) is 7.08. The maximum Gasteiger partial charge on any atom is 0.317 e. The van der Waals surface area contributed by atoms with E-state index in [0.717, 1.165) is 44.0 Å². The van der Waals surface area contributed by atoms with Gasteiger partial charge in [-0.2, -0.15) is 11.8 Å². The number of carbonyl (C=O) groups is 1. The fraction of sp³-hybridized carbons (Fsp3) is 0.923. The Morgan fingerprint density at radius 1 is 1.53 bits per heavy atom. The lowest BCUT2D eigenvalue weighted by Gasteiger charge is -2.24. The second-order valence-corrected chi connectivity index (χ2v) is 6.35. The van der Waals surface area contributed by atoms with E-state index in [1.165, 1.54) is 0 Å². The normalized spacial score (nSPS) is 25.9. The molecule has 5 nitrogen and oxygen atoms in total. The second-order valence-electron chi connectivity index (χ2n) is 5.12. The number of thioether (sulfide) groups is 1. The van der Waals surface area contributed by atoms with E-state index in [0.29, 0.717) is 13.2 Å². The molecule has 2 fully saturated rings. The first kappa shape index (κ1) is 14.9. The first-order chi connectivity index (χ1) is 9.25. The van der Waals surface area contributed by atoms with Gasteiger partial charge in [-0.3, -0.25) is 0 Å². The Labute approximate surface area is 119 Å². The van der Waals surface area contributed by atoms with E-state index in [2.05, 4.69) is 5.32 Å². The summed E-state index contributed by atoms with van der Waals surface area (Å²) in [6, 6.07) is 0.0882. The molecule has 2 atom stereocenters. The van der Waals surface area contributed by atoms with Gasteiger partial charge in [0.25, 0.3) is 0 Å². The second kappa shape index (κ2) is 7.97. The van der Waals surface area contributed by atoms with Crippen molar-refractivity contribution < 1.29 is 14.3 Å². The zero-order chi connectivity index (χ0) is 13.5. The van der Waals surface area contributed by atoms with Crippen LogP contribution in [0.4, 0.5) is 4.79 Å². The van der Waals surface area contributed by atoms with Gasteiger partial charge in [-0.25, -0.2) is 4.79 Å². The van der Waals surface area contributed by atoms with Gasteiger partial charge >= 0.3 is 6.03 Å². The number of nitrogens with one attached hydrogen (secondary N) is 1. The van der Waals surface area contributed by atoms with Crippen molar-refractivity contribution >= 4 is 17.8 Å². The minimum atomic E-state index is 0.0428. The van der Waals surface area contributed by atoms with Gasteiger partial charge in [-0.1, -0.05) is 0 Å². The molecule has 0 aromatic heterocycles. The summed E-state index contributed by atoms with van der Waals surface area (Å²) in [7, 11) is 0. The molecule has 0 saturated carbocycles. The molecule has 0 aromatic rings. The molecular formula is C13H24N2O3S. The number of carbonyl (C=O) groups excluding carboxylic acids is 1. The summed E-state index contributed by atoms with van der Waals surface area (Å²) >= 11 is 1.92. The van der Waals surface area contributed by atoms with Gasteiger partial charge in [-0.15, -0.1) is 0 Å². The predicted octanol–water partition coefficient (Wildman–Crippen LogP) is 1.33. The number of ether oxygens (including phenoxy) is 2. The van der Waals surface area contributed by atoms with E-state index in [1.807, 2.05) is 23.6 Å². The molecule has 0 unspecified atom stereocenters. The minimum Gasteiger partial charge on any atom is -0.379 e. The van der Waals surface area contributed by atoms with Crippen molar-refractivity contribution in [2.24, 2.45) is 0 Å². The molecule has 0 bridgehead atoms.